The quantitative estimate of drug-likeness (QED) is 0.690. The molecule has 5 nitrogen and oxygen atoms in total. The molecule has 0 aliphatic heterocycles. The second-order valence-corrected chi connectivity index (χ2v) is 6.09. The number of carbonyl (C=O) groups excluding carboxylic acids is 2. The molecule has 0 bridgehead atoms. The molecule has 1 N–H and O–H groups in total. The summed E-state index contributed by atoms with van der Waals surface area (Å²) in [6.45, 7) is 4.01. The van der Waals surface area contributed by atoms with Gasteiger partial charge in [-0.05, 0) is 37.6 Å². The van der Waals surface area contributed by atoms with Crippen molar-refractivity contribution in [3.05, 3.63) is 66.4 Å². The lowest BCUT2D eigenvalue weighted by Crippen LogP contribution is -2.40. The van der Waals surface area contributed by atoms with Crippen LogP contribution in [0.1, 0.15) is 19.4 Å². The first kappa shape index (κ1) is 17.7. The summed E-state index contributed by atoms with van der Waals surface area (Å²) in [5.41, 5.74) is 2.63. The van der Waals surface area contributed by atoms with Crippen LogP contribution in [0.2, 0.25) is 0 Å². The highest BCUT2D eigenvalue weighted by Crippen LogP contribution is 2.19. The number of H-pyrrole nitrogens is 1. The summed E-state index contributed by atoms with van der Waals surface area (Å²) in [5.74, 6) is -0.648. The fourth-order valence-corrected chi connectivity index (χ4v) is 3.02. The van der Waals surface area contributed by atoms with Crippen LogP contribution in [0.3, 0.4) is 0 Å². The van der Waals surface area contributed by atoms with Crippen molar-refractivity contribution in [2.24, 2.45) is 0 Å². The number of benzene rings is 2. The van der Waals surface area contributed by atoms with Crippen LogP contribution in [-0.2, 0) is 20.7 Å². The van der Waals surface area contributed by atoms with Crippen molar-refractivity contribution in [3.8, 4) is 0 Å². The van der Waals surface area contributed by atoms with Gasteiger partial charge >= 0.3 is 5.97 Å². The molecule has 0 saturated carbocycles. The van der Waals surface area contributed by atoms with Crippen molar-refractivity contribution in [2.75, 3.05) is 11.4 Å². The van der Waals surface area contributed by atoms with E-state index in [2.05, 4.69) is 4.98 Å². The number of aromatic nitrogens is 1. The SMILES string of the molecule is CCN(C(=O)[C@H](C)OC(=O)Cc1c[nH]c2ccccc12)c1ccccc1. The Morgan fingerprint density at radius 2 is 1.77 bits per heavy atom. The van der Waals surface area contributed by atoms with Gasteiger partial charge in [0.25, 0.3) is 5.91 Å². The second kappa shape index (κ2) is 7.87. The number of nitrogens with one attached hydrogen (secondary N) is 1. The molecule has 1 aromatic heterocycles. The Balaban J connectivity index is 1.65. The minimum atomic E-state index is -0.840. The first-order valence-corrected chi connectivity index (χ1v) is 8.71. The van der Waals surface area contributed by atoms with Crippen LogP contribution < -0.4 is 4.90 Å². The number of ether oxygens (including phenoxy) is 1. The number of para-hydroxylation sites is 2. The molecular weight excluding hydrogens is 328 g/mol. The number of esters is 1. The van der Waals surface area contributed by atoms with E-state index >= 15 is 0 Å². The Kier molecular flexibility index (Phi) is 5.37. The number of amides is 1. The predicted octanol–water partition coefficient (Wildman–Crippen LogP) is 3.70. The summed E-state index contributed by atoms with van der Waals surface area (Å²) in [6, 6.07) is 17.1. The third-order valence-electron chi connectivity index (χ3n) is 4.32. The molecule has 2 aromatic carbocycles. The van der Waals surface area contributed by atoms with Crippen LogP contribution in [0, 0.1) is 0 Å². The van der Waals surface area contributed by atoms with E-state index in [-0.39, 0.29) is 12.3 Å². The van der Waals surface area contributed by atoms with Crippen molar-refractivity contribution >= 4 is 28.5 Å². The topological polar surface area (TPSA) is 62.4 Å². The predicted molar refractivity (Wildman–Crippen MR) is 102 cm³/mol. The summed E-state index contributed by atoms with van der Waals surface area (Å²) in [4.78, 5) is 29.7. The zero-order chi connectivity index (χ0) is 18.5. The molecule has 0 spiro atoms. The highest BCUT2D eigenvalue weighted by molar-refractivity contribution is 5.97. The van der Waals surface area contributed by atoms with Crippen molar-refractivity contribution in [1.82, 2.24) is 4.98 Å². The minimum absolute atomic E-state index is 0.124. The molecule has 0 saturated heterocycles. The van der Waals surface area contributed by atoms with Crippen LogP contribution in [0.4, 0.5) is 5.69 Å². The molecule has 0 aliphatic carbocycles. The number of hydrogen-bond donors (Lipinski definition) is 1. The average molecular weight is 350 g/mol. The molecule has 1 heterocycles. The largest absolute Gasteiger partial charge is 0.452 e. The average Bonchev–Trinajstić information content (AvgIpc) is 3.06. The molecule has 3 aromatic rings. The first-order chi connectivity index (χ1) is 12.6. The van der Waals surface area contributed by atoms with Crippen LogP contribution in [0.15, 0.2) is 60.8 Å². The van der Waals surface area contributed by atoms with Crippen molar-refractivity contribution in [1.29, 1.82) is 0 Å². The third-order valence-corrected chi connectivity index (χ3v) is 4.32. The number of carbonyl (C=O) groups is 2. The maximum Gasteiger partial charge on any atom is 0.311 e. The number of fused-ring (bicyclic) bond motifs is 1. The lowest BCUT2D eigenvalue weighted by molar-refractivity contribution is -0.153. The lowest BCUT2D eigenvalue weighted by atomic mass is 10.1. The van der Waals surface area contributed by atoms with Gasteiger partial charge in [0.05, 0.1) is 6.42 Å². The fraction of sp³-hybridized carbons (Fsp3) is 0.238. The van der Waals surface area contributed by atoms with Gasteiger partial charge in [0.15, 0.2) is 6.10 Å². The first-order valence-electron chi connectivity index (χ1n) is 8.71. The van der Waals surface area contributed by atoms with E-state index in [0.29, 0.717) is 6.54 Å². The van der Waals surface area contributed by atoms with Crippen LogP contribution >= 0.6 is 0 Å². The van der Waals surface area contributed by atoms with Crippen molar-refractivity contribution in [2.45, 2.75) is 26.4 Å². The molecule has 0 fully saturated rings. The Hall–Kier alpha value is -3.08. The molecule has 134 valence electrons. The zero-order valence-electron chi connectivity index (χ0n) is 14.9. The summed E-state index contributed by atoms with van der Waals surface area (Å²) in [6.07, 6.45) is 1.09. The Labute approximate surface area is 152 Å². The lowest BCUT2D eigenvalue weighted by Gasteiger charge is -2.24. The fourth-order valence-electron chi connectivity index (χ4n) is 3.02. The third kappa shape index (κ3) is 3.77. The number of nitrogens with zero attached hydrogens (tertiary/aromatic N) is 1. The smallest absolute Gasteiger partial charge is 0.311 e. The zero-order valence-corrected chi connectivity index (χ0v) is 14.9. The van der Waals surface area contributed by atoms with Gasteiger partial charge in [0.2, 0.25) is 0 Å². The Bertz CT molecular complexity index is 902. The molecular formula is C21H22N2O3. The summed E-state index contributed by atoms with van der Waals surface area (Å²) < 4.78 is 5.39. The van der Waals surface area contributed by atoms with Gasteiger partial charge in [-0.3, -0.25) is 9.59 Å². The summed E-state index contributed by atoms with van der Waals surface area (Å²) in [5, 5.41) is 0.989. The minimum Gasteiger partial charge on any atom is -0.452 e. The van der Waals surface area contributed by atoms with Crippen molar-refractivity contribution < 1.29 is 14.3 Å². The van der Waals surface area contributed by atoms with Gasteiger partial charge in [-0.25, -0.2) is 0 Å². The van der Waals surface area contributed by atoms with Gasteiger partial charge in [-0.15, -0.1) is 0 Å². The number of likely N-dealkylation sites (N-methyl/N-ethyl adjacent to an activating group) is 1. The maximum atomic E-state index is 12.7. The number of anilines is 1. The number of aromatic amines is 1. The van der Waals surface area contributed by atoms with E-state index in [9.17, 15) is 9.59 Å². The highest BCUT2D eigenvalue weighted by atomic mass is 16.5. The van der Waals surface area contributed by atoms with Gasteiger partial charge in [0, 0.05) is 29.3 Å². The van der Waals surface area contributed by atoms with Crippen molar-refractivity contribution in [3.63, 3.8) is 0 Å². The van der Waals surface area contributed by atoms with E-state index in [4.69, 9.17) is 4.74 Å². The van der Waals surface area contributed by atoms with Gasteiger partial charge in [-0.1, -0.05) is 36.4 Å². The van der Waals surface area contributed by atoms with Crippen LogP contribution in [-0.4, -0.2) is 29.5 Å². The molecule has 1 amide bonds. The summed E-state index contributed by atoms with van der Waals surface area (Å²) >= 11 is 0. The normalized spacial score (nSPS) is 11.9. The summed E-state index contributed by atoms with van der Waals surface area (Å²) in [7, 11) is 0. The van der Waals surface area contributed by atoms with E-state index in [1.807, 2.05) is 61.5 Å². The second-order valence-electron chi connectivity index (χ2n) is 6.09. The molecule has 0 aliphatic rings. The molecule has 26 heavy (non-hydrogen) atoms. The van der Waals surface area contributed by atoms with E-state index in [0.717, 1.165) is 22.2 Å². The van der Waals surface area contributed by atoms with E-state index in [1.165, 1.54) is 0 Å². The molecule has 3 rings (SSSR count). The highest BCUT2D eigenvalue weighted by Gasteiger charge is 2.24. The Morgan fingerprint density at radius 3 is 2.50 bits per heavy atom. The number of hydrogen-bond acceptors (Lipinski definition) is 3. The number of rotatable bonds is 6. The molecule has 1 atom stereocenters. The van der Waals surface area contributed by atoms with Crippen LogP contribution in [0.5, 0.6) is 0 Å². The van der Waals surface area contributed by atoms with E-state index < -0.39 is 12.1 Å². The Morgan fingerprint density at radius 1 is 1.08 bits per heavy atom. The van der Waals surface area contributed by atoms with Crippen LogP contribution in [0.25, 0.3) is 10.9 Å². The standard InChI is InChI=1S/C21H22N2O3/c1-3-23(17-9-5-4-6-10-17)21(25)15(2)26-20(24)13-16-14-22-19-12-8-7-11-18(16)19/h4-12,14-15,22H,3,13H2,1-2H3/t15-/m0/s1. The van der Waals surface area contributed by atoms with Gasteiger partial charge in [-0.2, -0.15) is 0 Å². The van der Waals surface area contributed by atoms with E-state index in [1.54, 1.807) is 18.0 Å². The molecule has 0 unspecified atom stereocenters. The molecule has 0 radical (unpaired) electrons. The van der Waals surface area contributed by atoms with Gasteiger partial charge < -0.3 is 14.6 Å². The monoisotopic (exact) mass is 350 g/mol. The van der Waals surface area contributed by atoms with Gasteiger partial charge in [0.1, 0.15) is 0 Å². The maximum absolute atomic E-state index is 12.7. The molecule has 5 heteroatoms.